The second kappa shape index (κ2) is 2.53. The van der Waals surface area contributed by atoms with Crippen LogP contribution in [-0.4, -0.2) is 11.6 Å². The Morgan fingerprint density at radius 1 is 1.20 bits per heavy atom. The summed E-state index contributed by atoms with van der Waals surface area (Å²) in [6, 6.07) is 0. The van der Waals surface area contributed by atoms with Crippen LogP contribution in [0.2, 0.25) is 0 Å². The summed E-state index contributed by atoms with van der Waals surface area (Å²) in [6.45, 7) is 4.10. The minimum absolute atomic E-state index is 0.0938. The van der Waals surface area contributed by atoms with Gasteiger partial charge in [0.1, 0.15) is 11.6 Å². The number of hydrogen-bond acceptors (Lipinski definition) is 2. The molecule has 0 aromatic rings. The van der Waals surface area contributed by atoms with Crippen molar-refractivity contribution in [1.82, 2.24) is 0 Å². The van der Waals surface area contributed by atoms with E-state index in [0.717, 1.165) is 19.3 Å². The summed E-state index contributed by atoms with van der Waals surface area (Å²) >= 11 is 0. The monoisotopic (exact) mass is 206 g/mol. The molecule has 0 N–H and O–H groups in total. The first kappa shape index (κ1) is 9.56. The largest absolute Gasteiger partial charge is 0.299 e. The Bertz CT molecular complexity index is 356. The highest BCUT2D eigenvalue weighted by Gasteiger charge is 2.74. The summed E-state index contributed by atoms with van der Waals surface area (Å²) in [5, 5.41) is 0. The van der Waals surface area contributed by atoms with E-state index in [2.05, 4.69) is 0 Å². The molecule has 3 rings (SSSR count). The molecule has 0 aliphatic heterocycles. The van der Waals surface area contributed by atoms with E-state index in [0.29, 0.717) is 30.3 Å². The number of fused-ring (bicyclic) bond motifs is 1. The zero-order valence-electron chi connectivity index (χ0n) is 9.51. The van der Waals surface area contributed by atoms with Gasteiger partial charge in [-0.1, -0.05) is 20.3 Å². The minimum atomic E-state index is -0.162. The molecule has 0 aromatic carbocycles. The van der Waals surface area contributed by atoms with Gasteiger partial charge in [0.15, 0.2) is 0 Å². The highest BCUT2D eigenvalue weighted by molar-refractivity contribution is 6.01. The summed E-state index contributed by atoms with van der Waals surface area (Å²) in [5.74, 6) is 1.33. The number of ketones is 2. The fraction of sp³-hybridized carbons (Fsp3) is 0.846. The quantitative estimate of drug-likeness (QED) is 0.609. The molecule has 2 heteroatoms. The van der Waals surface area contributed by atoms with Crippen molar-refractivity contribution in [1.29, 1.82) is 0 Å². The van der Waals surface area contributed by atoms with Crippen LogP contribution >= 0.6 is 0 Å². The fourth-order valence-electron chi connectivity index (χ4n) is 4.17. The average molecular weight is 206 g/mol. The summed E-state index contributed by atoms with van der Waals surface area (Å²) in [5.41, 5.74) is -0.256. The van der Waals surface area contributed by atoms with Gasteiger partial charge in [-0.25, -0.2) is 0 Å². The smallest absolute Gasteiger partial charge is 0.140 e. The Morgan fingerprint density at radius 2 is 1.93 bits per heavy atom. The average Bonchev–Trinajstić information content (AvgIpc) is 2.58. The molecule has 3 aliphatic carbocycles. The molecular formula is C13H18O2. The van der Waals surface area contributed by atoms with Gasteiger partial charge in [-0.15, -0.1) is 0 Å². The third kappa shape index (κ3) is 1.05. The van der Waals surface area contributed by atoms with E-state index in [1.165, 1.54) is 0 Å². The Balaban J connectivity index is 1.98. The van der Waals surface area contributed by atoms with E-state index in [-0.39, 0.29) is 16.7 Å². The van der Waals surface area contributed by atoms with Crippen LogP contribution in [0.3, 0.4) is 0 Å². The molecule has 0 heterocycles. The topological polar surface area (TPSA) is 34.1 Å². The molecule has 82 valence electrons. The maximum atomic E-state index is 12.3. The maximum Gasteiger partial charge on any atom is 0.140 e. The van der Waals surface area contributed by atoms with Crippen molar-refractivity contribution in [3.8, 4) is 0 Å². The van der Waals surface area contributed by atoms with Crippen molar-refractivity contribution in [3.05, 3.63) is 0 Å². The van der Waals surface area contributed by atoms with Crippen molar-refractivity contribution in [2.75, 3.05) is 0 Å². The number of hydrogen-bond donors (Lipinski definition) is 0. The second-order valence-corrected chi connectivity index (χ2v) is 6.42. The second-order valence-electron chi connectivity index (χ2n) is 6.42. The van der Waals surface area contributed by atoms with Crippen molar-refractivity contribution in [3.63, 3.8) is 0 Å². The zero-order chi connectivity index (χ0) is 10.8. The Morgan fingerprint density at radius 3 is 2.67 bits per heavy atom. The molecule has 0 bridgehead atoms. The lowest BCUT2D eigenvalue weighted by Crippen LogP contribution is -2.22. The van der Waals surface area contributed by atoms with Crippen LogP contribution in [0.5, 0.6) is 0 Å². The summed E-state index contributed by atoms with van der Waals surface area (Å²) < 4.78 is 0. The van der Waals surface area contributed by atoms with Crippen molar-refractivity contribution in [2.45, 2.75) is 46.0 Å². The van der Waals surface area contributed by atoms with E-state index < -0.39 is 0 Å². The van der Waals surface area contributed by atoms with Crippen LogP contribution in [0.25, 0.3) is 0 Å². The van der Waals surface area contributed by atoms with Crippen molar-refractivity contribution < 1.29 is 9.59 Å². The van der Waals surface area contributed by atoms with Crippen LogP contribution in [0.1, 0.15) is 46.0 Å². The molecule has 1 spiro atoms. The molecule has 3 aliphatic rings. The lowest BCUT2D eigenvalue weighted by Gasteiger charge is -2.22. The van der Waals surface area contributed by atoms with E-state index in [1.807, 2.05) is 13.8 Å². The number of rotatable bonds is 0. The van der Waals surface area contributed by atoms with Crippen LogP contribution in [0.4, 0.5) is 0 Å². The first-order chi connectivity index (χ1) is 6.97. The Kier molecular flexibility index (Phi) is 1.61. The van der Waals surface area contributed by atoms with Gasteiger partial charge in [0.05, 0.1) is 0 Å². The SMILES string of the molecule is CC1(C)CC(=O)[C@H]2[C@@H]3CCC[C@@]32C(=O)C1. The molecular weight excluding hydrogens is 188 g/mol. The molecule has 3 atom stereocenters. The fourth-order valence-corrected chi connectivity index (χ4v) is 4.17. The Labute approximate surface area is 90.4 Å². The van der Waals surface area contributed by atoms with Gasteiger partial charge >= 0.3 is 0 Å². The van der Waals surface area contributed by atoms with E-state index in [9.17, 15) is 9.59 Å². The van der Waals surface area contributed by atoms with E-state index in [1.54, 1.807) is 0 Å². The van der Waals surface area contributed by atoms with Crippen molar-refractivity contribution in [2.24, 2.45) is 22.7 Å². The third-order valence-electron chi connectivity index (χ3n) is 4.77. The van der Waals surface area contributed by atoms with Crippen LogP contribution in [0.15, 0.2) is 0 Å². The van der Waals surface area contributed by atoms with Crippen LogP contribution in [-0.2, 0) is 9.59 Å². The number of carbonyl (C=O) groups is 2. The molecule has 0 amide bonds. The first-order valence-corrected chi connectivity index (χ1v) is 6.03. The molecule has 0 aromatic heterocycles. The maximum absolute atomic E-state index is 12.3. The number of Topliss-reactive ketones (excluding diaryl/α,β-unsaturated/α-hetero) is 2. The van der Waals surface area contributed by atoms with Crippen LogP contribution in [0, 0.1) is 22.7 Å². The van der Waals surface area contributed by atoms with Crippen LogP contribution < -0.4 is 0 Å². The molecule has 0 unspecified atom stereocenters. The normalized spacial score (nSPS) is 47.1. The highest BCUT2D eigenvalue weighted by atomic mass is 16.1. The minimum Gasteiger partial charge on any atom is -0.299 e. The predicted molar refractivity (Wildman–Crippen MR) is 56.3 cm³/mol. The van der Waals surface area contributed by atoms with E-state index in [4.69, 9.17) is 0 Å². The molecule has 3 saturated carbocycles. The van der Waals surface area contributed by atoms with Gasteiger partial charge in [0.25, 0.3) is 0 Å². The molecule has 0 saturated heterocycles. The van der Waals surface area contributed by atoms with Gasteiger partial charge in [0, 0.05) is 24.2 Å². The lowest BCUT2D eigenvalue weighted by atomic mass is 9.81. The molecule has 0 radical (unpaired) electrons. The lowest BCUT2D eigenvalue weighted by molar-refractivity contribution is -0.127. The van der Waals surface area contributed by atoms with Gasteiger partial charge < -0.3 is 0 Å². The third-order valence-corrected chi connectivity index (χ3v) is 4.77. The summed E-state index contributed by atoms with van der Waals surface area (Å²) in [4.78, 5) is 24.3. The van der Waals surface area contributed by atoms with Gasteiger partial charge in [0.2, 0.25) is 0 Å². The Hall–Kier alpha value is -0.660. The first-order valence-electron chi connectivity index (χ1n) is 6.03. The molecule has 2 nitrogen and oxygen atoms in total. The van der Waals surface area contributed by atoms with Gasteiger partial charge in [-0.05, 0) is 24.2 Å². The number of carbonyl (C=O) groups excluding carboxylic acids is 2. The summed E-state index contributed by atoms with van der Waals surface area (Å²) in [7, 11) is 0. The van der Waals surface area contributed by atoms with Gasteiger partial charge in [-0.3, -0.25) is 9.59 Å². The predicted octanol–water partition coefficient (Wildman–Crippen LogP) is 2.36. The standard InChI is InChI=1S/C13H18O2/c1-12(2)6-9(14)11-8-4-3-5-13(8,11)10(15)7-12/h8,11H,3-7H2,1-2H3/t8-,11+,13-/m0/s1. The van der Waals surface area contributed by atoms with E-state index >= 15 is 0 Å². The van der Waals surface area contributed by atoms with Gasteiger partial charge in [-0.2, -0.15) is 0 Å². The zero-order valence-corrected chi connectivity index (χ0v) is 9.51. The summed E-state index contributed by atoms with van der Waals surface area (Å²) in [6.07, 6.45) is 4.49. The molecule has 3 fully saturated rings. The van der Waals surface area contributed by atoms with Crippen molar-refractivity contribution >= 4 is 11.6 Å². The molecule has 15 heavy (non-hydrogen) atoms. The highest BCUT2D eigenvalue weighted by Crippen LogP contribution is 2.71.